The van der Waals surface area contributed by atoms with Crippen molar-refractivity contribution in [1.29, 1.82) is 0 Å². The van der Waals surface area contributed by atoms with Gasteiger partial charge in [0.05, 0.1) is 35.1 Å². The SMILES string of the molecule is CC(=O)c1c(C)c(-c2c(C)c(C(C)=O)c(O)c3c(O[C@@H]4O[C@H](CO)[C@@H](O)[C@H](O)[C@H]4O)cccc23)c2cccc(O[C@@H]3O[C@H](CO)[C@@H](O)[C@H](O)[C@H]3O)c2c1O. The van der Waals surface area contributed by atoms with Gasteiger partial charge in [-0.05, 0) is 72.9 Å². The van der Waals surface area contributed by atoms with Gasteiger partial charge in [-0.25, -0.2) is 0 Å². The molecular formula is C38H42O16. The molecule has 0 aliphatic carbocycles. The molecule has 2 saturated heterocycles. The van der Waals surface area contributed by atoms with Gasteiger partial charge >= 0.3 is 0 Å². The topological polar surface area (TPSA) is 273 Å². The van der Waals surface area contributed by atoms with Crippen LogP contribution in [0.15, 0.2) is 36.4 Å². The van der Waals surface area contributed by atoms with Crippen LogP contribution in [0.4, 0.5) is 0 Å². The van der Waals surface area contributed by atoms with Gasteiger partial charge in [-0.1, -0.05) is 24.3 Å². The van der Waals surface area contributed by atoms with Crippen LogP contribution in [0.2, 0.25) is 0 Å². The minimum Gasteiger partial charge on any atom is -0.506 e. The van der Waals surface area contributed by atoms with E-state index in [9.17, 15) is 60.7 Å². The summed E-state index contributed by atoms with van der Waals surface area (Å²) in [4.78, 5) is 26.5. The van der Waals surface area contributed by atoms with Crippen LogP contribution in [-0.2, 0) is 9.47 Å². The largest absolute Gasteiger partial charge is 0.506 e. The van der Waals surface area contributed by atoms with E-state index in [1.165, 1.54) is 38.1 Å². The lowest BCUT2D eigenvalue weighted by Crippen LogP contribution is -2.60. The van der Waals surface area contributed by atoms with E-state index < -0.39 is 97.7 Å². The number of carbonyl (C=O) groups is 2. The van der Waals surface area contributed by atoms with Gasteiger partial charge in [0.1, 0.15) is 71.8 Å². The zero-order valence-corrected chi connectivity index (χ0v) is 29.6. The van der Waals surface area contributed by atoms with Crippen molar-refractivity contribution in [3.05, 3.63) is 58.7 Å². The third kappa shape index (κ3) is 6.33. The standard InChI is InChI=1S/C38H42O16/c1-13-23(15(3)41)31(45)27-17(7-5-9-19(27)51-37-35(49)33(47)29(43)21(11-39)53-37)25(13)26-14(2)24(16(4)42)32(46)28-18(26)8-6-10-20(28)52-38-36(50)34(48)30(44)22(12-40)54-38/h5-10,21-22,29-30,33-40,43-50H,11-12H2,1-4H3/t21-,22-,29-,30-,33+,34+,35-,36-,37-,38-/m1/s1. The van der Waals surface area contributed by atoms with Crippen molar-refractivity contribution in [3.8, 4) is 34.1 Å². The first-order chi connectivity index (χ1) is 25.5. The number of phenols is 2. The molecule has 16 nitrogen and oxygen atoms in total. The maximum Gasteiger partial charge on any atom is 0.229 e. The summed E-state index contributed by atoms with van der Waals surface area (Å²) in [5.41, 5.74) is 0.872. The Hall–Kier alpha value is -4.46. The van der Waals surface area contributed by atoms with E-state index in [2.05, 4.69) is 0 Å². The number of aliphatic hydroxyl groups is 8. The summed E-state index contributed by atoms with van der Waals surface area (Å²) in [7, 11) is 0. The highest BCUT2D eigenvalue weighted by Gasteiger charge is 2.46. The van der Waals surface area contributed by atoms with E-state index in [1.54, 1.807) is 26.0 Å². The van der Waals surface area contributed by atoms with E-state index >= 15 is 0 Å². The Kier molecular flexibility index (Phi) is 10.9. The lowest BCUT2D eigenvalue weighted by Gasteiger charge is -2.39. The number of phenolic OH excluding ortho intramolecular Hbond substituents is 2. The molecule has 16 heteroatoms. The van der Waals surface area contributed by atoms with Crippen molar-refractivity contribution < 1.29 is 79.6 Å². The van der Waals surface area contributed by atoms with Crippen molar-refractivity contribution in [2.45, 2.75) is 89.1 Å². The third-order valence-corrected chi connectivity index (χ3v) is 10.2. The van der Waals surface area contributed by atoms with Crippen LogP contribution in [0.1, 0.15) is 45.7 Å². The maximum absolute atomic E-state index is 13.3. The molecule has 2 aliphatic rings. The first-order valence-corrected chi connectivity index (χ1v) is 17.1. The Morgan fingerprint density at radius 2 is 0.944 bits per heavy atom. The second kappa shape index (κ2) is 15.0. The third-order valence-electron chi connectivity index (χ3n) is 10.2. The number of fused-ring (bicyclic) bond motifs is 2. The molecule has 2 aliphatic heterocycles. The molecule has 2 fully saturated rings. The first kappa shape index (κ1) is 39.2. The Labute approximate surface area is 307 Å². The fourth-order valence-electron chi connectivity index (χ4n) is 7.51. The maximum atomic E-state index is 13.3. The smallest absolute Gasteiger partial charge is 0.229 e. The number of aromatic hydroxyl groups is 2. The Morgan fingerprint density at radius 3 is 1.26 bits per heavy atom. The fourth-order valence-corrected chi connectivity index (χ4v) is 7.51. The molecule has 0 amide bonds. The number of carbonyl (C=O) groups excluding carboxylic acids is 2. The number of ether oxygens (including phenoxy) is 4. The predicted octanol–water partition coefficient (Wildman–Crippen LogP) is 0.451. The van der Waals surface area contributed by atoms with Gasteiger partial charge < -0.3 is 70.0 Å². The summed E-state index contributed by atoms with van der Waals surface area (Å²) in [6, 6.07) is 9.08. The Morgan fingerprint density at radius 1 is 0.593 bits per heavy atom. The minimum absolute atomic E-state index is 0.0426. The Balaban J connectivity index is 1.62. The molecule has 10 N–H and O–H groups in total. The van der Waals surface area contributed by atoms with Crippen LogP contribution >= 0.6 is 0 Å². The van der Waals surface area contributed by atoms with Crippen LogP contribution in [0.5, 0.6) is 23.0 Å². The quantitative estimate of drug-likeness (QED) is 0.104. The van der Waals surface area contributed by atoms with E-state index in [-0.39, 0.29) is 55.3 Å². The molecule has 0 unspecified atom stereocenters. The van der Waals surface area contributed by atoms with Gasteiger partial charge in [-0.3, -0.25) is 9.59 Å². The molecule has 0 radical (unpaired) electrons. The molecule has 10 atom stereocenters. The fraction of sp³-hybridized carbons (Fsp3) is 0.421. The van der Waals surface area contributed by atoms with E-state index in [0.29, 0.717) is 11.1 Å². The number of rotatable bonds is 9. The summed E-state index contributed by atoms with van der Waals surface area (Å²) < 4.78 is 23.1. The van der Waals surface area contributed by atoms with Crippen molar-refractivity contribution >= 4 is 33.1 Å². The lowest BCUT2D eigenvalue weighted by molar-refractivity contribution is -0.277. The number of benzene rings is 4. The number of hydrogen-bond acceptors (Lipinski definition) is 16. The van der Waals surface area contributed by atoms with Crippen LogP contribution in [0.3, 0.4) is 0 Å². The van der Waals surface area contributed by atoms with Crippen molar-refractivity contribution in [2.24, 2.45) is 0 Å². The molecule has 4 aromatic rings. The van der Waals surface area contributed by atoms with E-state index in [1.807, 2.05) is 0 Å². The highest BCUT2D eigenvalue weighted by molar-refractivity contribution is 6.19. The molecule has 0 saturated carbocycles. The van der Waals surface area contributed by atoms with Gasteiger partial charge in [-0.15, -0.1) is 0 Å². The van der Waals surface area contributed by atoms with Crippen LogP contribution < -0.4 is 9.47 Å². The van der Waals surface area contributed by atoms with Crippen molar-refractivity contribution in [1.82, 2.24) is 0 Å². The van der Waals surface area contributed by atoms with E-state index in [4.69, 9.17) is 18.9 Å². The number of aliphatic hydroxyl groups excluding tert-OH is 8. The summed E-state index contributed by atoms with van der Waals surface area (Å²) in [6.07, 6.45) is -16.4. The van der Waals surface area contributed by atoms with Gasteiger partial charge in [0, 0.05) is 0 Å². The first-order valence-electron chi connectivity index (χ1n) is 17.1. The second-order valence-corrected chi connectivity index (χ2v) is 13.5. The van der Waals surface area contributed by atoms with Crippen molar-refractivity contribution in [3.63, 3.8) is 0 Å². The number of Topliss-reactive ketones (excluding diaryl/α,β-unsaturated/α-hetero) is 2. The Bertz CT molecular complexity index is 1960. The average molecular weight is 755 g/mol. The molecule has 54 heavy (non-hydrogen) atoms. The van der Waals surface area contributed by atoms with Crippen molar-refractivity contribution in [2.75, 3.05) is 13.2 Å². The minimum atomic E-state index is -1.80. The molecule has 0 bridgehead atoms. The number of ketones is 2. The van der Waals surface area contributed by atoms with Gasteiger partial charge in [0.25, 0.3) is 0 Å². The molecule has 0 aromatic heterocycles. The molecule has 2 heterocycles. The van der Waals surface area contributed by atoms with Crippen LogP contribution in [0, 0.1) is 13.8 Å². The summed E-state index contributed by atoms with van der Waals surface area (Å²) in [6.45, 7) is 4.17. The molecular weight excluding hydrogens is 712 g/mol. The lowest BCUT2D eigenvalue weighted by atomic mass is 9.82. The zero-order chi connectivity index (χ0) is 39.5. The van der Waals surface area contributed by atoms with Gasteiger partial charge in [-0.2, -0.15) is 0 Å². The van der Waals surface area contributed by atoms with Crippen LogP contribution in [-0.4, -0.2) is 137 Å². The van der Waals surface area contributed by atoms with Gasteiger partial charge in [0.15, 0.2) is 11.6 Å². The molecule has 6 rings (SSSR count). The average Bonchev–Trinajstić information content (AvgIpc) is 3.12. The zero-order valence-electron chi connectivity index (χ0n) is 29.6. The molecule has 0 spiro atoms. The predicted molar refractivity (Wildman–Crippen MR) is 188 cm³/mol. The van der Waals surface area contributed by atoms with E-state index in [0.717, 1.165) is 0 Å². The highest BCUT2D eigenvalue weighted by atomic mass is 16.7. The summed E-state index contributed by atoms with van der Waals surface area (Å²) in [5, 5.41) is 106. The second-order valence-electron chi connectivity index (χ2n) is 13.5. The monoisotopic (exact) mass is 754 g/mol. The number of hydrogen-bond donors (Lipinski definition) is 10. The summed E-state index contributed by atoms with van der Waals surface area (Å²) in [5.74, 6) is -2.38. The molecule has 290 valence electrons. The van der Waals surface area contributed by atoms with Gasteiger partial charge in [0.2, 0.25) is 12.6 Å². The summed E-state index contributed by atoms with van der Waals surface area (Å²) >= 11 is 0. The normalized spacial score (nSPS) is 28.7. The highest BCUT2D eigenvalue weighted by Crippen LogP contribution is 2.51. The molecule has 4 aromatic carbocycles. The van der Waals surface area contributed by atoms with Crippen LogP contribution in [0.25, 0.3) is 32.7 Å².